The fourth-order valence-electron chi connectivity index (χ4n) is 2.68. The first-order valence-electron chi connectivity index (χ1n) is 8.89. The maximum Gasteiger partial charge on any atom is 0.323 e. The molecule has 0 aliphatic carbocycles. The van der Waals surface area contributed by atoms with Crippen molar-refractivity contribution in [1.29, 1.82) is 0 Å². The highest BCUT2D eigenvalue weighted by atomic mass is 32.2. The van der Waals surface area contributed by atoms with E-state index in [0.29, 0.717) is 17.1 Å². The van der Waals surface area contributed by atoms with E-state index in [1.165, 1.54) is 32.4 Å². The van der Waals surface area contributed by atoms with Gasteiger partial charge in [-0.25, -0.2) is 13.2 Å². The minimum Gasteiger partial charge on any atom is -0.497 e. The summed E-state index contributed by atoms with van der Waals surface area (Å²) in [7, 11) is -1.13. The molecule has 3 N–H and O–H groups in total. The molecule has 9 heteroatoms. The van der Waals surface area contributed by atoms with Gasteiger partial charge in [0.15, 0.2) is 0 Å². The van der Waals surface area contributed by atoms with Gasteiger partial charge in [0.05, 0.1) is 19.9 Å². The minimum absolute atomic E-state index is 0.0652. The Balaban J connectivity index is 1.77. The van der Waals surface area contributed by atoms with Crippen LogP contribution in [0.25, 0.3) is 0 Å². The summed E-state index contributed by atoms with van der Waals surface area (Å²) in [5.41, 5.74) is 1.33. The van der Waals surface area contributed by atoms with Crippen LogP contribution in [0.3, 0.4) is 0 Å². The number of anilines is 3. The molecule has 2 amide bonds. The standard InChI is InChI=1S/C21H21N3O5S/c1-28-18-11-12-19(29-2)20(14-18)30(26,27)24-17-10-6-9-16(13-17)23-21(25)22-15-7-4-3-5-8-15/h3-14,24H,1-2H3,(H2,22,23,25). The molecule has 0 fully saturated rings. The van der Waals surface area contributed by atoms with Gasteiger partial charge in [-0.05, 0) is 42.5 Å². The Morgan fingerprint density at radius 3 is 2.13 bits per heavy atom. The van der Waals surface area contributed by atoms with Crippen LogP contribution >= 0.6 is 0 Å². The van der Waals surface area contributed by atoms with Gasteiger partial charge in [0.1, 0.15) is 16.4 Å². The molecule has 0 aliphatic heterocycles. The number of benzene rings is 3. The summed E-state index contributed by atoms with van der Waals surface area (Å²) in [6.45, 7) is 0. The number of ether oxygens (including phenoxy) is 2. The van der Waals surface area contributed by atoms with Crippen molar-refractivity contribution in [1.82, 2.24) is 0 Å². The monoisotopic (exact) mass is 427 g/mol. The van der Waals surface area contributed by atoms with Crippen LogP contribution in [-0.4, -0.2) is 28.7 Å². The van der Waals surface area contributed by atoms with Crippen molar-refractivity contribution < 1.29 is 22.7 Å². The Kier molecular flexibility index (Phi) is 6.43. The molecule has 3 aromatic carbocycles. The van der Waals surface area contributed by atoms with Gasteiger partial charge in [0.2, 0.25) is 0 Å². The van der Waals surface area contributed by atoms with Gasteiger partial charge in [-0.1, -0.05) is 24.3 Å². The number of urea groups is 1. The average molecular weight is 427 g/mol. The number of carbonyl (C=O) groups is 1. The van der Waals surface area contributed by atoms with Crippen molar-refractivity contribution in [2.24, 2.45) is 0 Å². The molecule has 0 aliphatic rings. The molecule has 3 aromatic rings. The van der Waals surface area contributed by atoms with Gasteiger partial charge in [-0.3, -0.25) is 4.72 Å². The molecule has 0 unspecified atom stereocenters. The van der Waals surface area contributed by atoms with Crippen LogP contribution in [-0.2, 0) is 10.0 Å². The average Bonchev–Trinajstić information content (AvgIpc) is 2.73. The highest BCUT2D eigenvalue weighted by molar-refractivity contribution is 7.92. The van der Waals surface area contributed by atoms with E-state index in [1.54, 1.807) is 48.5 Å². The van der Waals surface area contributed by atoms with Crippen molar-refractivity contribution in [3.05, 3.63) is 72.8 Å². The smallest absolute Gasteiger partial charge is 0.323 e. The fraction of sp³-hybridized carbons (Fsp3) is 0.0952. The number of sulfonamides is 1. The van der Waals surface area contributed by atoms with Crippen molar-refractivity contribution >= 4 is 33.1 Å². The van der Waals surface area contributed by atoms with E-state index in [4.69, 9.17) is 9.47 Å². The highest BCUT2D eigenvalue weighted by Crippen LogP contribution is 2.30. The number of carbonyl (C=O) groups excluding carboxylic acids is 1. The topological polar surface area (TPSA) is 106 Å². The van der Waals surface area contributed by atoms with Gasteiger partial charge in [-0.15, -0.1) is 0 Å². The van der Waals surface area contributed by atoms with Gasteiger partial charge in [0.25, 0.3) is 10.0 Å². The summed E-state index contributed by atoms with van der Waals surface area (Å²) in [5.74, 6) is 0.559. The molecule has 0 spiro atoms. The van der Waals surface area contributed by atoms with Gasteiger partial charge >= 0.3 is 6.03 Å². The number of amides is 2. The molecule has 0 saturated heterocycles. The number of methoxy groups -OCH3 is 2. The normalized spacial score (nSPS) is 10.7. The van der Waals surface area contributed by atoms with Crippen LogP contribution in [0.1, 0.15) is 0 Å². The summed E-state index contributed by atoms with van der Waals surface area (Å²) in [6, 6.07) is 19.4. The third-order valence-electron chi connectivity index (χ3n) is 4.06. The largest absolute Gasteiger partial charge is 0.497 e. The first kappa shape index (κ1) is 21.0. The van der Waals surface area contributed by atoms with E-state index < -0.39 is 16.1 Å². The number of para-hydroxylation sites is 1. The maximum atomic E-state index is 12.9. The Labute approximate surface area is 174 Å². The second kappa shape index (κ2) is 9.19. The molecule has 156 valence electrons. The van der Waals surface area contributed by atoms with Crippen LogP contribution in [0, 0.1) is 0 Å². The zero-order valence-corrected chi connectivity index (χ0v) is 17.2. The zero-order chi connectivity index (χ0) is 21.6. The number of hydrogen-bond acceptors (Lipinski definition) is 5. The number of rotatable bonds is 7. The SMILES string of the molecule is COc1ccc(OC)c(S(=O)(=O)Nc2cccc(NC(=O)Nc3ccccc3)c2)c1. The molecule has 30 heavy (non-hydrogen) atoms. The Bertz CT molecular complexity index is 1130. The predicted octanol–water partition coefficient (Wildman–Crippen LogP) is 4.15. The van der Waals surface area contributed by atoms with Crippen molar-refractivity contribution in [2.45, 2.75) is 4.90 Å². The molecule has 0 aromatic heterocycles. The molecule has 0 bridgehead atoms. The Morgan fingerprint density at radius 2 is 1.43 bits per heavy atom. The fourth-order valence-corrected chi connectivity index (χ4v) is 3.91. The first-order chi connectivity index (χ1) is 14.4. The number of nitrogens with one attached hydrogen (secondary N) is 3. The van der Waals surface area contributed by atoms with Crippen LogP contribution in [0.4, 0.5) is 21.9 Å². The molecule has 3 rings (SSSR count). The Morgan fingerprint density at radius 1 is 0.767 bits per heavy atom. The summed E-state index contributed by atoms with van der Waals surface area (Å²) < 4.78 is 38.5. The van der Waals surface area contributed by atoms with Gasteiger partial charge < -0.3 is 20.1 Å². The highest BCUT2D eigenvalue weighted by Gasteiger charge is 2.21. The van der Waals surface area contributed by atoms with E-state index in [1.807, 2.05) is 6.07 Å². The second-order valence-corrected chi connectivity index (χ2v) is 7.80. The molecule has 0 saturated carbocycles. The lowest BCUT2D eigenvalue weighted by atomic mass is 10.3. The minimum atomic E-state index is -3.97. The maximum absolute atomic E-state index is 12.9. The molecule has 0 radical (unpaired) electrons. The first-order valence-corrected chi connectivity index (χ1v) is 10.4. The lowest BCUT2D eigenvalue weighted by Crippen LogP contribution is -2.19. The molecule has 8 nitrogen and oxygen atoms in total. The van der Waals surface area contributed by atoms with Gasteiger partial charge in [-0.2, -0.15) is 0 Å². The molecular formula is C21H21N3O5S. The summed E-state index contributed by atoms with van der Waals surface area (Å²) >= 11 is 0. The van der Waals surface area contributed by atoms with Crippen molar-refractivity contribution in [3.63, 3.8) is 0 Å². The van der Waals surface area contributed by atoms with Crippen LogP contribution < -0.4 is 24.8 Å². The second-order valence-electron chi connectivity index (χ2n) is 6.15. The van der Waals surface area contributed by atoms with Crippen LogP contribution in [0.15, 0.2) is 77.7 Å². The van der Waals surface area contributed by atoms with E-state index in [9.17, 15) is 13.2 Å². The van der Waals surface area contributed by atoms with E-state index in [0.717, 1.165) is 0 Å². The molecule has 0 atom stereocenters. The van der Waals surface area contributed by atoms with E-state index >= 15 is 0 Å². The number of hydrogen-bond donors (Lipinski definition) is 3. The lowest BCUT2D eigenvalue weighted by Gasteiger charge is -2.14. The Hall–Kier alpha value is -3.72. The summed E-state index contributed by atoms with van der Waals surface area (Å²) in [6.07, 6.45) is 0. The van der Waals surface area contributed by atoms with Crippen LogP contribution in [0.5, 0.6) is 11.5 Å². The van der Waals surface area contributed by atoms with Crippen molar-refractivity contribution in [3.8, 4) is 11.5 Å². The van der Waals surface area contributed by atoms with Crippen molar-refractivity contribution in [2.75, 3.05) is 29.6 Å². The van der Waals surface area contributed by atoms with E-state index in [-0.39, 0.29) is 16.3 Å². The summed E-state index contributed by atoms with van der Waals surface area (Å²) in [4.78, 5) is 12.1. The molecular weight excluding hydrogens is 406 g/mol. The van der Waals surface area contributed by atoms with Gasteiger partial charge in [0, 0.05) is 17.4 Å². The third kappa shape index (κ3) is 5.21. The zero-order valence-electron chi connectivity index (χ0n) is 16.4. The third-order valence-corrected chi connectivity index (χ3v) is 5.47. The molecule has 0 heterocycles. The quantitative estimate of drug-likeness (QED) is 0.525. The predicted molar refractivity (Wildman–Crippen MR) is 116 cm³/mol. The van der Waals surface area contributed by atoms with E-state index in [2.05, 4.69) is 15.4 Å². The summed E-state index contributed by atoms with van der Waals surface area (Å²) in [5, 5.41) is 5.36. The lowest BCUT2D eigenvalue weighted by molar-refractivity contribution is 0.262. The van der Waals surface area contributed by atoms with Crippen LogP contribution in [0.2, 0.25) is 0 Å².